The molecule has 0 N–H and O–H groups in total. The Morgan fingerprint density at radius 2 is 1.63 bits per heavy atom. The molecule has 1 amide bonds. The molecule has 0 spiro atoms. The Morgan fingerprint density at radius 1 is 0.967 bits per heavy atom. The second-order valence-corrected chi connectivity index (χ2v) is 9.37. The normalized spacial score (nSPS) is 26.6. The van der Waals surface area contributed by atoms with E-state index in [1.807, 2.05) is 23.1 Å². The van der Waals surface area contributed by atoms with E-state index in [0.717, 1.165) is 12.0 Å². The van der Waals surface area contributed by atoms with Gasteiger partial charge < -0.3 is 14.2 Å². The molecule has 2 aromatic carbocycles. The van der Waals surface area contributed by atoms with Gasteiger partial charge in [0.1, 0.15) is 11.1 Å². The molecule has 2 aliphatic rings. The highest BCUT2D eigenvalue weighted by Gasteiger charge is 2.65. The van der Waals surface area contributed by atoms with E-state index in [9.17, 15) is 4.79 Å². The first kappa shape index (κ1) is 20.6. The summed E-state index contributed by atoms with van der Waals surface area (Å²) in [6.07, 6.45) is 1.24. The largest absolute Gasteiger partial charge is 0.493 e. The average Bonchev–Trinajstić information content (AvgIpc) is 2.91. The predicted octanol–water partition coefficient (Wildman–Crippen LogP) is 5.05. The summed E-state index contributed by atoms with van der Waals surface area (Å²) in [6.45, 7) is 9.27. The van der Waals surface area contributed by atoms with E-state index in [0.29, 0.717) is 24.5 Å². The SMILES string of the molecule is COc1ccc(CCN2C(=O)O[C@]3(C)CC(C)(C)c4ccccc4[C@]23C)cc1OC. The summed E-state index contributed by atoms with van der Waals surface area (Å²) in [7, 11) is 3.26. The lowest BCUT2D eigenvalue weighted by Crippen LogP contribution is -2.58. The molecule has 160 valence electrons. The molecule has 0 unspecified atom stereocenters. The van der Waals surface area contributed by atoms with Crippen LogP contribution in [-0.4, -0.2) is 37.4 Å². The zero-order chi connectivity index (χ0) is 21.7. The first-order valence-electron chi connectivity index (χ1n) is 10.5. The number of hydrogen-bond acceptors (Lipinski definition) is 4. The lowest BCUT2D eigenvalue weighted by atomic mass is 9.59. The summed E-state index contributed by atoms with van der Waals surface area (Å²) in [5, 5.41) is 0. The van der Waals surface area contributed by atoms with E-state index < -0.39 is 11.1 Å². The van der Waals surface area contributed by atoms with Crippen LogP contribution in [0.2, 0.25) is 0 Å². The van der Waals surface area contributed by atoms with E-state index in [1.165, 1.54) is 11.1 Å². The molecule has 0 aromatic heterocycles. The summed E-state index contributed by atoms with van der Waals surface area (Å²) < 4.78 is 16.8. The summed E-state index contributed by atoms with van der Waals surface area (Å²) in [5.74, 6) is 1.39. The topological polar surface area (TPSA) is 48.0 Å². The minimum atomic E-state index is -0.584. The van der Waals surface area contributed by atoms with E-state index >= 15 is 0 Å². The average molecular weight is 410 g/mol. The van der Waals surface area contributed by atoms with Gasteiger partial charge in [0.25, 0.3) is 0 Å². The highest BCUT2D eigenvalue weighted by Crippen LogP contribution is 2.57. The Balaban J connectivity index is 1.69. The molecular weight excluding hydrogens is 378 g/mol. The van der Waals surface area contributed by atoms with Gasteiger partial charge in [-0.15, -0.1) is 0 Å². The van der Waals surface area contributed by atoms with Crippen molar-refractivity contribution >= 4 is 6.09 Å². The molecule has 5 nitrogen and oxygen atoms in total. The first-order valence-corrected chi connectivity index (χ1v) is 10.5. The van der Waals surface area contributed by atoms with Gasteiger partial charge in [0, 0.05) is 6.54 Å². The van der Waals surface area contributed by atoms with E-state index in [4.69, 9.17) is 14.2 Å². The molecule has 1 fully saturated rings. The third kappa shape index (κ3) is 2.86. The second kappa shape index (κ2) is 6.93. The Kier molecular flexibility index (Phi) is 4.75. The molecule has 2 aromatic rings. The molecule has 5 heteroatoms. The number of carbonyl (C=O) groups is 1. The van der Waals surface area contributed by atoms with Crippen LogP contribution in [0.25, 0.3) is 0 Å². The molecular formula is C25H31NO4. The van der Waals surface area contributed by atoms with E-state index in [1.54, 1.807) is 14.2 Å². The fourth-order valence-electron chi connectivity index (χ4n) is 5.48. The Labute approximate surface area is 178 Å². The maximum atomic E-state index is 13.1. The van der Waals surface area contributed by atoms with Crippen molar-refractivity contribution in [3.8, 4) is 11.5 Å². The van der Waals surface area contributed by atoms with Crippen molar-refractivity contribution in [1.29, 1.82) is 0 Å². The molecule has 1 heterocycles. The maximum Gasteiger partial charge on any atom is 0.411 e. The molecule has 0 radical (unpaired) electrons. The van der Waals surface area contributed by atoms with Crippen molar-refractivity contribution in [3.63, 3.8) is 0 Å². The summed E-state index contributed by atoms with van der Waals surface area (Å²) in [6, 6.07) is 14.4. The first-order chi connectivity index (χ1) is 14.2. The fraction of sp³-hybridized carbons (Fsp3) is 0.480. The third-order valence-electron chi connectivity index (χ3n) is 7.13. The lowest BCUT2D eigenvalue weighted by Gasteiger charge is -2.52. The molecule has 0 bridgehead atoms. The Hall–Kier alpha value is -2.69. The van der Waals surface area contributed by atoms with Gasteiger partial charge in [-0.3, -0.25) is 4.90 Å². The van der Waals surface area contributed by atoms with Crippen LogP contribution < -0.4 is 9.47 Å². The van der Waals surface area contributed by atoms with Crippen LogP contribution in [-0.2, 0) is 22.1 Å². The van der Waals surface area contributed by atoms with Crippen LogP contribution in [0.1, 0.15) is 50.8 Å². The van der Waals surface area contributed by atoms with Gasteiger partial charge >= 0.3 is 6.09 Å². The van der Waals surface area contributed by atoms with Gasteiger partial charge in [0.05, 0.1) is 14.2 Å². The zero-order valence-corrected chi connectivity index (χ0v) is 18.7. The fourth-order valence-corrected chi connectivity index (χ4v) is 5.48. The molecule has 2 atom stereocenters. The molecule has 1 saturated heterocycles. The minimum Gasteiger partial charge on any atom is -0.493 e. The van der Waals surface area contributed by atoms with Gasteiger partial charge in [-0.05, 0) is 60.9 Å². The summed E-state index contributed by atoms with van der Waals surface area (Å²) >= 11 is 0. The Morgan fingerprint density at radius 3 is 2.30 bits per heavy atom. The molecule has 1 aliphatic carbocycles. The van der Waals surface area contributed by atoms with E-state index in [2.05, 4.69) is 52.0 Å². The van der Waals surface area contributed by atoms with E-state index in [-0.39, 0.29) is 11.5 Å². The van der Waals surface area contributed by atoms with Gasteiger partial charge in [0.2, 0.25) is 0 Å². The van der Waals surface area contributed by atoms with Gasteiger partial charge in [-0.1, -0.05) is 44.2 Å². The smallest absolute Gasteiger partial charge is 0.411 e. The number of fused-ring (bicyclic) bond motifs is 3. The summed E-state index contributed by atoms with van der Waals surface area (Å²) in [5.41, 5.74) is 2.39. The number of benzene rings is 2. The summed E-state index contributed by atoms with van der Waals surface area (Å²) in [4.78, 5) is 15.0. The Bertz CT molecular complexity index is 985. The predicted molar refractivity (Wildman–Crippen MR) is 116 cm³/mol. The number of hydrogen-bond donors (Lipinski definition) is 0. The quantitative estimate of drug-likeness (QED) is 0.693. The second-order valence-electron chi connectivity index (χ2n) is 9.37. The zero-order valence-electron chi connectivity index (χ0n) is 18.7. The molecule has 4 rings (SSSR count). The van der Waals surface area contributed by atoms with Gasteiger partial charge in [-0.25, -0.2) is 4.79 Å². The molecule has 30 heavy (non-hydrogen) atoms. The van der Waals surface area contributed by atoms with Crippen LogP contribution in [0.3, 0.4) is 0 Å². The number of nitrogens with zero attached hydrogens (tertiary/aromatic N) is 1. The molecule has 0 saturated carbocycles. The highest BCUT2D eigenvalue weighted by atomic mass is 16.6. The van der Waals surface area contributed by atoms with Crippen LogP contribution in [0, 0.1) is 0 Å². The van der Waals surface area contributed by atoms with Crippen LogP contribution in [0.15, 0.2) is 42.5 Å². The van der Waals surface area contributed by atoms with Crippen molar-refractivity contribution in [3.05, 3.63) is 59.2 Å². The minimum absolute atomic E-state index is 0.0650. The number of methoxy groups -OCH3 is 2. The number of ether oxygens (including phenoxy) is 3. The monoisotopic (exact) mass is 409 g/mol. The van der Waals surface area contributed by atoms with Crippen LogP contribution >= 0.6 is 0 Å². The third-order valence-corrected chi connectivity index (χ3v) is 7.13. The number of amides is 1. The van der Waals surface area contributed by atoms with Crippen molar-refractivity contribution in [2.45, 2.75) is 57.1 Å². The van der Waals surface area contributed by atoms with Crippen molar-refractivity contribution in [2.24, 2.45) is 0 Å². The van der Waals surface area contributed by atoms with Crippen LogP contribution in [0.5, 0.6) is 11.5 Å². The number of carbonyl (C=O) groups excluding carboxylic acids is 1. The maximum absolute atomic E-state index is 13.1. The van der Waals surface area contributed by atoms with Gasteiger partial charge in [-0.2, -0.15) is 0 Å². The van der Waals surface area contributed by atoms with Gasteiger partial charge in [0.15, 0.2) is 11.5 Å². The van der Waals surface area contributed by atoms with Crippen molar-refractivity contribution < 1.29 is 19.0 Å². The lowest BCUT2D eigenvalue weighted by molar-refractivity contribution is -0.0291. The van der Waals surface area contributed by atoms with Crippen LogP contribution in [0.4, 0.5) is 4.79 Å². The number of rotatable bonds is 5. The van der Waals surface area contributed by atoms with Crippen molar-refractivity contribution in [2.75, 3.05) is 20.8 Å². The van der Waals surface area contributed by atoms with Crippen molar-refractivity contribution in [1.82, 2.24) is 4.90 Å². The molecule has 1 aliphatic heterocycles. The standard InChI is InChI=1S/C25H31NO4/c1-23(2)16-24(3)25(4,19-10-8-7-9-18(19)23)26(22(27)30-24)14-13-17-11-12-20(28-5)21(15-17)29-6/h7-12,15H,13-14,16H2,1-6H3/t24-,25+/m1/s1. The highest BCUT2D eigenvalue weighted by molar-refractivity contribution is 5.74.